The number of fused-ring (bicyclic) bond motifs is 1. The summed E-state index contributed by atoms with van der Waals surface area (Å²) in [6.07, 6.45) is 7.10. The molecule has 0 aliphatic carbocycles. The van der Waals surface area contributed by atoms with Gasteiger partial charge in [0.1, 0.15) is 5.60 Å². The fourth-order valence-corrected chi connectivity index (χ4v) is 7.36. The molecule has 1 amide bonds. The van der Waals surface area contributed by atoms with Crippen LogP contribution in [0.15, 0.2) is 46.7 Å². The van der Waals surface area contributed by atoms with E-state index < -0.39 is 23.3 Å². The maximum atomic E-state index is 12.5. The summed E-state index contributed by atoms with van der Waals surface area (Å²) >= 11 is 4.38. The highest BCUT2D eigenvalue weighted by molar-refractivity contribution is 7.80. The largest absolute Gasteiger partial charge is 0.494 e. The van der Waals surface area contributed by atoms with Gasteiger partial charge in [-0.15, -0.1) is 0 Å². The van der Waals surface area contributed by atoms with E-state index in [1.54, 1.807) is 6.08 Å². The summed E-state index contributed by atoms with van der Waals surface area (Å²) < 4.78 is 6.12. The number of rotatable bonds is 13. The van der Waals surface area contributed by atoms with E-state index in [1.807, 2.05) is 39.8 Å². The van der Waals surface area contributed by atoms with Gasteiger partial charge in [0.2, 0.25) is 5.91 Å². The lowest BCUT2D eigenvalue weighted by atomic mass is 9.90. The molecule has 2 saturated heterocycles. The van der Waals surface area contributed by atoms with E-state index in [0.29, 0.717) is 29.9 Å². The van der Waals surface area contributed by atoms with Gasteiger partial charge >= 0.3 is 11.9 Å². The first-order chi connectivity index (χ1) is 21.2. The molecule has 1 unspecified atom stereocenters. The average molecular weight is 639 g/mol. The highest BCUT2D eigenvalue weighted by atomic mass is 32.1. The Labute approximate surface area is 268 Å². The Balaban J connectivity index is 1.51. The first-order valence-electron chi connectivity index (χ1n) is 15.3. The summed E-state index contributed by atoms with van der Waals surface area (Å²) in [5.74, 6) is -1.36. The molecule has 45 heavy (non-hydrogen) atoms. The van der Waals surface area contributed by atoms with E-state index in [-0.39, 0.29) is 48.9 Å². The van der Waals surface area contributed by atoms with Gasteiger partial charge in [-0.1, -0.05) is 19.6 Å². The fraction of sp³-hybridized carbons (Fsp3) is 0.485. The molecule has 2 fully saturated rings. The normalized spacial score (nSPS) is 30.5. The van der Waals surface area contributed by atoms with Crippen LogP contribution in [0.3, 0.4) is 0 Å². The molecule has 5 rings (SSSR count). The van der Waals surface area contributed by atoms with Crippen molar-refractivity contribution in [3.8, 4) is 0 Å². The van der Waals surface area contributed by atoms with Crippen LogP contribution in [0, 0.1) is 18.8 Å². The maximum absolute atomic E-state index is 12.5. The molecular weight excluding hydrogens is 596 g/mol. The molecule has 5 heterocycles. The molecule has 242 valence electrons. The average Bonchev–Trinajstić information content (AvgIpc) is 3.16. The second-order valence-corrected chi connectivity index (χ2v) is 13.0. The molecule has 5 atom stereocenters. The third-order valence-corrected chi connectivity index (χ3v) is 10.1. The van der Waals surface area contributed by atoms with E-state index in [0.717, 1.165) is 45.8 Å². The number of hydrogen-bond donors (Lipinski definition) is 8. The predicted molar refractivity (Wildman–Crippen MR) is 173 cm³/mol. The number of hydrogen-bond acceptors (Lipinski definition) is 8. The minimum absolute atomic E-state index is 0.00173. The molecular formula is C33H42N4O7S. The zero-order valence-electron chi connectivity index (χ0n) is 26.0. The second-order valence-electron chi connectivity index (χ2n) is 12.5. The number of carbonyl (C=O) groups is 3. The van der Waals surface area contributed by atoms with Crippen LogP contribution >= 0.6 is 12.6 Å². The summed E-state index contributed by atoms with van der Waals surface area (Å²) in [4.78, 5) is 39.1. The molecule has 7 N–H and O–H groups in total. The number of carbonyl (C=O) groups excluding carboxylic acids is 1. The standard InChI is InChI=1S/C33H42N4O7S/c1-6-22-31(43)37-33(32(22,5)44-33)15-27-17(3)20(8-10-29(40)41)25(35-27)14-24-19(7-9-28(38)39)16(2)23(34-24)13-26-21(11-12-45)18(4)30(42)36-26/h6,13-14,18,21,27,34-35,37,43,45H,1,7-12,15H2,2-5H3,(H,36,42)(H,38,39)(H,40,41)/b25-14-,26-13-/t18-,21-,27?,32+,33+/m1/s1. The third-order valence-electron chi connectivity index (χ3n) is 9.89. The van der Waals surface area contributed by atoms with Crippen LogP contribution in [0.25, 0.3) is 12.2 Å². The molecule has 0 spiro atoms. The molecule has 1 aromatic rings. The summed E-state index contributed by atoms with van der Waals surface area (Å²) in [7, 11) is 0. The monoisotopic (exact) mass is 638 g/mol. The lowest BCUT2D eigenvalue weighted by Crippen LogP contribution is -2.40. The lowest BCUT2D eigenvalue weighted by Gasteiger charge is -2.20. The van der Waals surface area contributed by atoms with E-state index in [1.165, 1.54) is 0 Å². The van der Waals surface area contributed by atoms with Gasteiger partial charge in [-0.25, -0.2) is 0 Å². The molecule has 0 saturated carbocycles. The molecule has 0 aromatic carbocycles. The summed E-state index contributed by atoms with van der Waals surface area (Å²) in [6, 6.07) is -0.219. The van der Waals surface area contributed by atoms with Crippen molar-refractivity contribution < 1.29 is 34.4 Å². The molecule has 4 aliphatic rings. The van der Waals surface area contributed by atoms with Gasteiger partial charge in [0.25, 0.3) is 0 Å². The fourth-order valence-electron chi connectivity index (χ4n) is 7.08. The number of carboxylic acids is 2. The highest BCUT2D eigenvalue weighted by Gasteiger charge is 2.74. The van der Waals surface area contributed by atoms with Crippen LogP contribution in [-0.4, -0.2) is 61.3 Å². The summed E-state index contributed by atoms with van der Waals surface area (Å²) in [5.41, 5.74) is 5.62. The van der Waals surface area contributed by atoms with Gasteiger partial charge in [-0.05, 0) is 80.2 Å². The van der Waals surface area contributed by atoms with Gasteiger partial charge in [-0.3, -0.25) is 14.4 Å². The molecule has 0 radical (unpaired) electrons. The first kappa shape index (κ1) is 32.5. The Hall–Kier alpha value is -3.90. The number of thiol groups is 1. The molecule has 1 aromatic heterocycles. The molecule has 11 nitrogen and oxygen atoms in total. The molecule has 4 aliphatic heterocycles. The van der Waals surface area contributed by atoms with E-state index >= 15 is 0 Å². The number of aliphatic hydroxyl groups excluding tert-OH is 1. The van der Waals surface area contributed by atoms with Gasteiger partial charge in [0.05, 0.1) is 6.04 Å². The van der Waals surface area contributed by atoms with Crippen molar-refractivity contribution in [2.45, 2.75) is 83.6 Å². The first-order valence-corrected chi connectivity index (χ1v) is 15.9. The Kier molecular flexibility index (Phi) is 8.76. The van der Waals surface area contributed by atoms with Crippen molar-refractivity contribution in [2.24, 2.45) is 11.8 Å². The number of allylic oxidation sites excluding steroid dienone is 2. The van der Waals surface area contributed by atoms with Gasteiger partial charge in [0.15, 0.2) is 11.6 Å². The predicted octanol–water partition coefficient (Wildman–Crippen LogP) is 4.31. The Morgan fingerprint density at radius 1 is 1.11 bits per heavy atom. The number of aliphatic carboxylic acids is 2. The Morgan fingerprint density at radius 2 is 1.80 bits per heavy atom. The number of aromatic amines is 1. The number of aromatic nitrogens is 1. The second kappa shape index (κ2) is 12.1. The zero-order chi connectivity index (χ0) is 32.8. The van der Waals surface area contributed by atoms with Crippen molar-refractivity contribution in [3.05, 3.63) is 69.2 Å². The quantitative estimate of drug-likeness (QED) is 0.116. The SMILES string of the molecule is C=CC1=C(O)N[C@@]2(CC3N/C(=C\c4[nH]c(/C=C5\NC(=O)[C@H](C)[C@H]5CCS)c(C)c4CCC(=O)O)C(CCC(=O)O)=C3C)O[C@@]12C. The number of nitrogens with one attached hydrogen (secondary N) is 4. The lowest BCUT2D eigenvalue weighted by molar-refractivity contribution is -0.138. The zero-order valence-corrected chi connectivity index (χ0v) is 26.9. The van der Waals surface area contributed by atoms with E-state index in [9.17, 15) is 29.7 Å². The van der Waals surface area contributed by atoms with E-state index in [2.05, 4.69) is 40.1 Å². The van der Waals surface area contributed by atoms with Gasteiger partial charge in [0, 0.05) is 59.5 Å². The van der Waals surface area contributed by atoms with E-state index in [4.69, 9.17) is 4.74 Å². The minimum atomic E-state index is -0.914. The van der Waals surface area contributed by atoms with Crippen LogP contribution in [-0.2, 0) is 25.5 Å². The topological polar surface area (TPSA) is 176 Å². The van der Waals surface area contributed by atoms with Crippen LogP contribution in [0.5, 0.6) is 0 Å². The van der Waals surface area contributed by atoms with Crippen LogP contribution in [0.1, 0.15) is 75.4 Å². The smallest absolute Gasteiger partial charge is 0.303 e. The number of H-pyrrole nitrogens is 1. The van der Waals surface area contributed by atoms with Crippen LogP contribution in [0.4, 0.5) is 0 Å². The maximum Gasteiger partial charge on any atom is 0.303 e. The molecule has 12 heteroatoms. The highest BCUT2D eigenvalue weighted by Crippen LogP contribution is 2.59. The third kappa shape index (κ3) is 5.81. The van der Waals surface area contributed by atoms with Crippen molar-refractivity contribution in [1.29, 1.82) is 0 Å². The number of amides is 1. The minimum Gasteiger partial charge on any atom is -0.494 e. The van der Waals surface area contributed by atoms with Crippen molar-refractivity contribution in [2.75, 3.05) is 5.75 Å². The summed E-state index contributed by atoms with van der Waals surface area (Å²) in [5, 5.41) is 39.1. The Bertz CT molecular complexity index is 1590. The Morgan fingerprint density at radius 3 is 2.42 bits per heavy atom. The van der Waals surface area contributed by atoms with Crippen molar-refractivity contribution >= 4 is 42.6 Å². The number of aliphatic hydroxyl groups is 1. The van der Waals surface area contributed by atoms with Crippen molar-refractivity contribution in [3.63, 3.8) is 0 Å². The number of epoxide rings is 1. The van der Waals surface area contributed by atoms with Crippen LogP contribution in [0.2, 0.25) is 0 Å². The van der Waals surface area contributed by atoms with Gasteiger partial charge < -0.3 is 41.0 Å². The number of carboxylic acid groups (broad SMARTS) is 2. The molecule has 0 bridgehead atoms. The van der Waals surface area contributed by atoms with Crippen LogP contribution < -0.4 is 16.0 Å². The van der Waals surface area contributed by atoms with Gasteiger partial charge in [-0.2, -0.15) is 12.6 Å². The summed E-state index contributed by atoms with van der Waals surface area (Å²) in [6.45, 7) is 11.5. The van der Waals surface area contributed by atoms with Crippen molar-refractivity contribution in [1.82, 2.24) is 20.9 Å². The number of ether oxygens (including phenoxy) is 1.